The molecule has 35 heavy (non-hydrogen) atoms. The number of halogens is 2. The summed E-state index contributed by atoms with van der Waals surface area (Å²) in [4.78, 5) is 49.7. The smallest absolute Gasteiger partial charge is 0.344 e. The highest BCUT2D eigenvalue weighted by molar-refractivity contribution is 6.37. The van der Waals surface area contributed by atoms with E-state index in [1.54, 1.807) is 31.2 Å². The first-order valence-electron chi connectivity index (χ1n) is 10.3. The van der Waals surface area contributed by atoms with Crippen LogP contribution in [-0.2, 0) is 19.1 Å². The first-order chi connectivity index (χ1) is 16.7. The fraction of sp³-hybridized carbons (Fsp3) is 0.217. The lowest BCUT2D eigenvalue weighted by Gasteiger charge is -2.13. The Hall–Kier alpha value is -3.76. The Morgan fingerprint density at radius 2 is 1.83 bits per heavy atom. The number of benzene rings is 2. The van der Waals surface area contributed by atoms with Crippen molar-refractivity contribution in [2.24, 2.45) is 0 Å². The molecule has 0 bridgehead atoms. The third kappa shape index (κ3) is 6.43. The van der Waals surface area contributed by atoms with Crippen molar-refractivity contribution in [1.29, 1.82) is 0 Å². The van der Waals surface area contributed by atoms with Crippen molar-refractivity contribution in [3.8, 4) is 11.5 Å². The molecule has 1 aliphatic heterocycles. The van der Waals surface area contributed by atoms with Gasteiger partial charge in [0.05, 0.1) is 29.4 Å². The Balaban J connectivity index is 1.70. The lowest BCUT2D eigenvalue weighted by Crippen LogP contribution is -2.38. The number of urea groups is 1. The van der Waals surface area contributed by atoms with Gasteiger partial charge in [-0.1, -0.05) is 35.3 Å². The van der Waals surface area contributed by atoms with Crippen molar-refractivity contribution in [2.45, 2.75) is 6.92 Å². The van der Waals surface area contributed by atoms with E-state index in [0.717, 1.165) is 4.90 Å². The number of rotatable bonds is 9. The van der Waals surface area contributed by atoms with Crippen molar-refractivity contribution in [2.75, 3.05) is 32.2 Å². The average Bonchev–Trinajstić information content (AvgIpc) is 3.06. The highest BCUT2D eigenvalue weighted by Gasteiger charge is 2.35. The number of carbonyl (C=O) groups is 4. The molecule has 1 heterocycles. The van der Waals surface area contributed by atoms with E-state index in [2.05, 4.69) is 10.6 Å². The second kappa shape index (κ2) is 11.6. The maximum atomic E-state index is 12.7. The number of carbonyl (C=O) groups excluding carboxylic acids is 4. The quantitative estimate of drug-likeness (QED) is 0.294. The number of hydrogen-bond acceptors (Lipinski definition) is 7. The van der Waals surface area contributed by atoms with Crippen LogP contribution in [0.5, 0.6) is 11.5 Å². The van der Waals surface area contributed by atoms with Crippen LogP contribution in [0.1, 0.15) is 12.5 Å². The molecule has 2 aromatic rings. The summed E-state index contributed by atoms with van der Waals surface area (Å²) in [6, 6.07) is 8.85. The molecular formula is C23H21Cl2N3O7. The Morgan fingerprint density at radius 1 is 1.14 bits per heavy atom. The van der Waals surface area contributed by atoms with Gasteiger partial charge >= 0.3 is 12.0 Å². The number of amides is 4. The van der Waals surface area contributed by atoms with E-state index < -0.39 is 30.4 Å². The van der Waals surface area contributed by atoms with Crippen LogP contribution < -0.4 is 20.1 Å². The third-order valence-electron chi connectivity index (χ3n) is 4.62. The molecule has 12 heteroatoms. The minimum Gasteiger partial charge on any atom is -0.495 e. The summed E-state index contributed by atoms with van der Waals surface area (Å²) in [7, 11) is 1.46. The maximum Gasteiger partial charge on any atom is 0.344 e. The molecule has 0 aromatic heterocycles. The van der Waals surface area contributed by atoms with Gasteiger partial charge in [0.15, 0.2) is 12.4 Å². The zero-order valence-electron chi connectivity index (χ0n) is 18.7. The first kappa shape index (κ1) is 25.9. The highest BCUT2D eigenvalue weighted by atomic mass is 35.5. The van der Waals surface area contributed by atoms with Gasteiger partial charge in [0.1, 0.15) is 18.0 Å². The fourth-order valence-corrected chi connectivity index (χ4v) is 3.71. The summed E-state index contributed by atoms with van der Waals surface area (Å²) >= 11 is 12.4. The monoisotopic (exact) mass is 521 g/mol. The number of esters is 1. The van der Waals surface area contributed by atoms with Crippen LogP contribution in [0.25, 0.3) is 6.08 Å². The Kier molecular flexibility index (Phi) is 8.56. The van der Waals surface area contributed by atoms with Gasteiger partial charge < -0.3 is 24.8 Å². The highest BCUT2D eigenvalue weighted by Crippen LogP contribution is 2.35. The van der Waals surface area contributed by atoms with Crippen molar-refractivity contribution >= 4 is 58.8 Å². The molecule has 10 nitrogen and oxygen atoms in total. The number of hydrogen-bond donors (Lipinski definition) is 2. The van der Waals surface area contributed by atoms with E-state index >= 15 is 0 Å². The number of methoxy groups -OCH3 is 1. The fourth-order valence-electron chi connectivity index (χ4n) is 3.10. The van der Waals surface area contributed by atoms with Crippen LogP contribution >= 0.6 is 23.2 Å². The topological polar surface area (TPSA) is 123 Å². The lowest BCUT2D eigenvalue weighted by atomic mass is 10.1. The summed E-state index contributed by atoms with van der Waals surface area (Å²) in [5.74, 6) is -1.38. The second-order valence-electron chi connectivity index (χ2n) is 7.04. The van der Waals surface area contributed by atoms with Crippen LogP contribution in [-0.4, -0.2) is 55.6 Å². The third-order valence-corrected chi connectivity index (χ3v) is 5.18. The molecule has 0 aliphatic carbocycles. The Labute approximate surface area is 210 Å². The predicted octanol–water partition coefficient (Wildman–Crippen LogP) is 3.48. The Morgan fingerprint density at radius 3 is 2.49 bits per heavy atom. The van der Waals surface area contributed by atoms with E-state index in [1.165, 1.54) is 25.3 Å². The summed E-state index contributed by atoms with van der Waals surface area (Å²) in [5.41, 5.74) is 0.706. The molecular weight excluding hydrogens is 501 g/mol. The van der Waals surface area contributed by atoms with Gasteiger partial charge in [-0.05, 0) is 42.8 Å². The zero-order chi connectivity index (χ0) is 25.5. The van der Waals surface area contributed by atoms with E-state index in [0.29, 0.717) is 17.0 Å². The van der Waals surface area contributed by atoms with Gasteiger partial charge in [0, 0.05) is 0 Å². The molecule has 184 valence electrons. The normalized spacial score (nSPS) is 14.1. The van der Waals surface area contributed by atoms with Gasteiger partial charge in [-0.3, -0.25) is 9.59 Å². The van der Waals surface area contributed by atoms with Gasteiger partial charge in [0.25, 0.3) is 5.91 Å². The molecule has 1 aliphatic rings. The van der Waals surface area contributed by atoms with Gasteiger partial charge in [-0.2, -0.15) is 0 Å². The molecule has 1 fully saturated rings. The molecule has 0 radical (unpaired) electrons. The van der Waals surface area contributed by atoms with Gasteiger partial charge in [-0.15, -0.1) is 0 Å². The first-order valence-corrected chi connectivity index (χ1v) is 11.0. The Bertz CT molecular complexity index is 1180. The molecule has 4 amide bonds. The molecule has 3 rings (SSSR count). The van der Waals surface area contributed by atoms with Crippen LogP contribution in [0.3, 0.4) is 0 Å². The SMILES string of the molecule is CCOC(=O)COc1c(Cl)cc(/C=C2/NC(=O)N(CC(=O)Nc3ccccc3OC)C2=O)cc1Cl. The van der Waals surface area contributed by atoms with E-state index in [9.17, 15) is 19.2 Å². The van der Waals surface area contributed by atoms with Crippen LogP contribution in [0.4, 0.5) is 10.5 Å². The maximum absolute atomic E-state index is 12.7. The summed E-state index contributed by atoms with van der Waals surface area (Å²) < 4.78 is 15.3. The van der Waals surface area contributed by atoms with Gasteiger partial charge in [-0.25, -0.2) is 14.5 Å². The molecule has 0 unspecified atom stereocenters. The standard InChI is InChI=1S/C23H21Cl2N3O7/c1-3-34-20(30)12-35-21-14(24)8-13(9-15(21)25)10-17-22(31)28(23(32)27-17)11-19(29)26-16-6-4-5-7-18(16)33-2/h4-10H,3,11-12H2,1-2H3,(H,26,29)(H,27,32)/b17-10+. The summed E-state index contributed by atoms with van der Waals surface area (Å²) in [5, 5.41) is 5.18. The van der Waals surface area contributed by atoms with Crippen LogP contribution in [0, 0.1) is 0 Å². The average molecular weight is 522 g/mol. The summed E-state index contributed by atoms with van der Waals surface area (Å²) in [6.45, 7) is 0.975. The number of imide groups is 1. The number of nitrogens with one attached hydrogen (secondary N) is 2. The minimum atomic E-state index is -0.761. The summed E-state index contributed by atoms with van der Waals surface area (Å²) in [6.07, 6.45) is 1.35. The van der Waals surface area contributed by atoms with Crippen molar-refractivity contribution in [1.82, 2.24) is 10.2 Å². The lowest BCUT2D eigenvalue weighted by molar-refractivity contribution is -0.145. The number of ether oxygens (including phenoxy) is 3. The van der Waals surface area contributed by atoms with E-state index in [-0.39, 0.29) is 34.7 Å². The zero-order valence-corrected chi connectivity index (χ0v) is 20.2. The van der Waals surface area contributed by atoms with Crippen molar-refractivity contribution in [3.63, 3.8) is 0 Å². The predicted molar refractivity (Wildman–Crippen MR) is 128 cm³/mol. The molecule has 2 aromatic carbocycles. The second-order valence-corrected chi connectivity index (χ2v) is 7.85. The molecule has 1 saturated heterocycles. The van der Waals surface area contributed by atoms with E-state index in [1.807, 2.05) is 0 Å². The molecule has 2 N–H and O–H groups in total. The van der Waals surface area contributed by atoms with E-state index in [4.69, 9.17) is 37.4 Å². The minimum absolute atomic E-state index is 0.0694. The van der Waals surface area contributed by atoms with Crippen molar-refractivity contribution in [3.05, 3.63) is 57.7 Å². The molecule has 0 saturated carbocycles. The van der Waals surface area contributed by atoms with Gasteiger partial charge in [0.2, 0.25) is 5.91 Å². The van der Waals surface area contributed by atoms with Crippen LogP contribution in [0.2, 0.25) is 10.0 Å². The number of nitrogens with zero attached hydrogens (tertiary/aromatic N) is 1. The van der Waals surface area contributed by atoms with Crippen LogP contribution in [0.15, 0.2) is 42.1 Å². The molecule has 0 spiro atoms. The van der Waals surface area contributed by atoms with Crippen molar-refractivity contribution < 1.29 is 33.4 Å². The number of anilines is 1. The largest absolute Gasteiger partial charge is 0.495 e. The number of para-hydroxylation sites is 2. The molecule has 0 atom stereocenters.